The zero-order valence-electron chi connectivity index (χ0n) is 38.6. The van der Waals surface area contributed by atoms with Crippen LogP contribution in [0.1, 0.15) is 55.4 Å². The number of aromatic amines is 4. The van der Waals surface area contributed by atoms with Gasteiger partial charge in [-0.15, -0.1) is 0 Å². The molecule has 72 heavy (non-hydrogen) atoms. The lowest BCUT2D eigenvalue weighted by molar-refractivity contribution is 0.0697. The maximum atomic E-state index is 12.0. The third-order valence-corrected chi connectivity index (χ3v) is 12.7. The van der Waals surface area contributed by atoms with E-state index in [2.05, 4.69) is 105 Å². The van der Waals surface area contributed by atoms with Crippen LogP contribution < -0.4 is 35.6 Å². The van der Waals surface area contributed by atoms with E-state index in [4.69, 9.17) is 14.2 Å². The molecule has 346 valence electrons. The Labute approximate surface area is 413 Å². The lowest BCUT2D eigenvalue weighted by atomic mass is 10.0. The topological polar surface area (TPSA) is 128 Å². The van der Waals surface area contributed by atoms with E-state index in [9.17, 15) is 9.90 Å². The highest BCUT2D eigenvalue weighted by atomic mass is 16.5. The van der Waals surface area contributed by atoms with Crippen LogP contribution in [0.15, 0.2) is 237 Å². The van der Waals surface area contributed by atoms with Gasteiger partial charge in [-0.1, -0.05) is 103 Å². The van der Waals surface area contributed by atoms with Crippen molar-refractivity contribution in [3.63, 3.8) is 0 Å². The summed E-state index contributed by atoms with van der Waals surface area (Å²) in [6.07, 6.45) is 0. The fourth-order valence-electron chi connectivity index (χ4n) is 9.29. The fraction of sp³-hybridized carbons (Fsp3) is 0. The van der Waals surface area contributed by atoms with E-state index in [1.54, 1.807) is 12.1 Å². The first-order valence-corrected chi connectivity index (χ1v) is 23.6. The summed E-state index contributed by atoms with van der Waals surface area (Å²) < 4.78 is 18.7. The zero-order chi connectivity index (χ0) is 48.4. The molecule has 0 aliphatic carbocycles. The number of benzene rings is 7. The summed E-state index contributed by atoms with van der Waals surface area (Å²) in [6.45, 7) is 0. The molecule has 7 aromatic carbocycles. The molecule has 11 aromatic rings. The van der Waals surface area contributed by atoms with Crippen molar-refractivity contribution in [2.45, 2.75) is 0 Å². The minimum absolute atomic E-state index is 0.204. The molecule has 4 aromatic heterocycles. The van der Waals surface area contributed by atoms with Gasteiger partial charge >= 0.3 is 5.97 Å². The van der Waals surface area contributed by atoms with Crippen molar-refractivity contribution >= 4 is 28.3 Å². The number of para-hydroxylation sites is 3. The van der Waals surface area contributed by atoms with Gasteiger partial charge in [0.15, 0.2) is 0 Å². The van der Waals surface area contributed by atoms with Crippen molar-refractivity contribution in [1.82, 2.24) is 19.9 Å². The molecule has 8 bridgehead atoms. The molecular weight excluding hydrogens is 893 g/mol. The number of carbonyl (C=O) groups is 1. The lowest BCUT2D eigenvalue weighted by Gasteiger charge is -2.11. The Morgan fingerprint density at radius 1 is 0.278 bits per heavy atom. The second kappa shape index (κ2) is 18.8. The van der Waals surface area contributed by atoms with Crippen LogP contribution in [-0.4, -0.2) is 31.0 Å². The molecule has 0 amide bonds. The predicted molar refractivity (Wildman–Crippen MR) is 280 cm³/mol. The average Bonchev–Trinajstić information content (AvgIpc) is 4.28. The Morgan fingerprint density at radius 3 is 0.792 bits per heavy atom. The van der Waals surface area contributed by atoms with Crippen molar-refractivity contribution in [2.75, 3.05) is 0 Å². The molecular formula is C63H44N4O5. The number of nitrogens with one attached hydrogen (secondary N) is 4. The van der Waals surface area contributed by atoms with Gasteiger partial charge in [0.25, 0.3) is 0 Å². The summed E-state index contributed by atoms with van der Waals surface area (Å²) in [6, 6.07) is 77.5. The van der Waals surface area contributed by atoms with E-state index >= 15 is 0 Å². The number of rotatable bonds is 11. The molecule has 0 saturated carbocycles. The first kappa shape index (κ1) is 43.3. The smallest absolute Gasteiger partial charge is 0.335 e. The van der Waals surface area contributed by atoms with Crippen LogP contribution in [0.2, 0.25) is 0 Å². The van der Waals surface area contributed by atoms with Crippen molar-refractivity contribution < 1.29 is 24.1 Å². The van der Waals surface area contributed by atoms with E-state index in [0.717, 1.165) is 112 Å². The Bertz CT molecular complexity index is 3980. The van der Waals surface area contributed by atoms with Gasteiger partial charge in [-0.2, -0.15) is 0 Å². The van der Waals surface area contributed by atoms with E-state index in [0.29, 0.717) is 11.5 Å². The molecule has 12 rings (SSSR count). The first-order chi connectivity index (χ1) is 35.5. The molecule has 0 unspecified atom stereocenters. The summed E-state index contributed by atoms with van der Waals surface area (Å²) >= 11 is 0. The first-order valence-electron chi connectivity index (χ1n) is 23.6. The second-order valence-corrected chi connectivity index (χ2v) is 17.3. The summed E-state index contributed by atoms with van der Waals surface area (Å²) in [5.74, 6) is 3.43. The standard InChI is InChI=1S/C63H44N4O5/c68-63(69)44-18-16-40(17-19-44)59-51-32-34-53(64-51)60(41-20-26-48(27-21-41)70-45-10-4-1-5-11-45)55-36-38-57(66-55)62(43-24-30-50(31-25-43)72-47-14-8-3-9-15-47)58-39-37-56(67-58)61(54-35-33-52(59)65-54)42-22-28-49(29-23-42)71-46-12-6-2-7-13-46/h1-39,64-67H,(H,68,69). The van der Waals surface area contributed by atoms with E-state index in [-0.39, 0.29) is 5.56 Å². The number of ether oxygens (including phenoxy) is 3. The number of carboxylic acid groups (broad SMARTS) is 1. The molecule has 0 radical (unpaired) electrons. The molecule has 0 saturated heterocycles. The number of hydrogen-bond donors (Lipinski definition) is 5. The van der Waals surface area contributed by atoms with Gasteiger partial charge in [-0.3, -0.25) is 0 Å². The summed E-state index contributed by atoms with van der Waals surface area (Å²) in [5.41, 5.74) is 11.1. The molecule has 9 heteroatoms. The Morgan fingerprint density at radius 2 is 0.528 bits per heavy atom. The maximum absolute atomic E-state index is 12.0. The van der Waals surface area contributed by atoms with E-state index in [1.165, 1.54) is 0 Å². The third-order valence-electron chi connectivity index (χ3n) is 12.7. The normalized spacial score (nSPS) is 12.2. The molecule has 5 heterocycles. The van der Waals surface area contributed by atoms with E-state index < -0.39 is 5.97 Å². The highest BCUT2D eigenvalue weighted by Crippen LogP contribution is 2.32. The van der Waals surface area contributed by atoms with Gasteiger partial charge in [0, 0.05) is 66.5 Å². The maximum Gasteiger partial charge on any atom is 0.335 e. The molecule has 0 fully saturated rings. The van der Waals surface area contributed by atoms with Crippen LogP contribution >= 0.6 is 0 Å². The summed E-state index contributed by atoms with van der Waals surface area (Å²) in [4.78, 5) is 27.4. The molecule has 1 aliphatic rings. The minimum atomic E-state index is -0.988. The number of aromatic carboxylic acids is 1. The molecule has 9 nitrogen and oxygen atoms in total. The van der Waals surface area contributed by atoms with Crippen molar-refractivity contribution in [1.29, 1.82) is 0 Å². The average molecular weight is 937 g/mol. The number of fused-ring (bicyclic) bond motifs is 8. The fourth-order valence-corrected chi connectivity index (χ4v) is 9.29. The van der Waals surface area contributed by atoms with Gasteiger partial charge in [0.2, 0.25) is 0 Å². The van der Waals surface area contributed by atoms with Crippen LogP contribution in [0.5, 0.6) is 34.5 Å². The van der Waals surface area contributed by atoms with Crippen LogP contribution in [0.25, 0.3) is 22.3 Å². The number of aromatic nitrogens is 4. The SMILES string of the molecule is O=C(O)c1ccc(C2=c3ccc([nH]3)=C(c3ccc(Oc4ccccc4)cc3)c3ccc([nH]3)C(c3ccc(Oc4ccccc4)cc3)=c3ccc([nH]3)=C(c3ccc(Oc4ccccc4)cc3)c3ccc2[nH]3)cc1. The summed E-state index contributed by atoms with van der Waals surface area (Å²) in [5, 5.41) is 13.3. The largest absolute Gasteiger partial charge is 0.478 e. The molecule has 1 aliphatic heterocycles. The monoisotopic (exact) mass is 936 g/mol. The third kappa shape index (κ3) is 8.81. The van der Waals surface area contributed by atoms with Gasteiger partial charge in [-0.05, 0) is 156 Å². The van der Waals surface area contributed by atoms with Gasteiger partial charge in [0.05, 0.1) is 5.56 Å². The lowest BCUT2D eigenvalue weighted by Crippen LogP contribution is -2.19. The zero-order valence-corrected chi connectivity index (χ0v) is 38.6. The van der Waals surface area contributed by atoms with Crippen molar-refractivity contribution in [3.05, 3.63) is 309 Å². The van der Waals surface area contributed by atoms with Crippen molar-refractivity contribution in [3.8, 4) is 34.5 Å². The Hall–Kier alpha value is -9.99. The Balaban J connectivity index is 1.08. The number of carboxylic acids is 1. The highest BCUT2D eigenvalue weighted by molar-refractivity contribution is 5.89. The predicted octanol–water partition coefficient (Wildman–Crippen LogP) is 11.4. The Kier molecular flexibility index (Phi) is 11.3. The van der Waals surface area contributed by atoms with Crippen LogP contribution in [-0.2, 0) is 0 Å². The molecule has 0 spiro atoms. The van der Waals surface area contributed by atoms with Crippen LogP contribution in [0, 0.1) is 0 Å². The molecule has 0 atom stereocenters. The quantitative estimate of drug-likeness (QED) is 0.0882. The van der Waals surface area contributed by atoms with Crippen LogP contribution in [0.4, 0.5) is 0 Å². The highest BCUT2D eigenvalue weighted by Gasteiger charge is 2.19. The summed E-state index contributed by atoms with van der Waals surface area (Å²) in [7, 11) is 0. The van der Waals surface area contributed by atoms with Crippen molar-refractivity contribution in [2.24, 2.45) is 0 Å². The number of H-pyrrole nitrogens is 4. The molecule has 5 N–H and O–H groups in total. The second-order valence-electron chi connectivity index (χ2n) is 17.3. The van der Waals surface area contributed by atoms with E-state index in [1.807, 2.05) is 140 Å². The van der Waals surface area contributed by atoms with Crippen LogP contribution in [0.3, 0.4) is 0 Å². The van der Waals surface area contributed by atoms with Gasteiger partial charge in [-0.25, -0.2) is 4.79 Å². The van der Waals surface area contributed by atoms with Gasteiger partial charge in [0.1, 0.15) is 34.5 Å². The number of hydrogen-bond acceptors (Lipinski definition) is 4. The van der Waals surface area contributed by atoms with Gasteiger partial charge < -0.3 is 39.3 Å². The minimum Gasteiger partial charge on any atom is -0.478 e.